The number of ether oxygens (including phenoxy) is 2. The van der Waals surface area contributed by atoms with E-state index in [0.29, 0.717) is 32.1 Å². The highest BCUT2D eigenvalue weighted by molar-refractivity contribution is 5.34. The van der Waals surface area contributed by atoms with Gasteiger partial charge in [0, 0.05) is 25.8 Å². The SMILES string of the molecule is C=C(C)COc1ccc(F)cc1CNCCOC. The largest absolute Gasteiger partial charge is 0.489 e. The summed E-state index contributed by atoms with van der Waals surface area (Å²) in [6.45, 7) is 7.99. The Morgan fingerprint density at radius 2 is 2.22 bits per heavy atom. The van der Waals surface area contributed by atoms with Crippen LogP contribution in [0.1, 0.15) is 12.5 Å². The van der Waals surface area contributed by atoms with Gasteiger partial charge in [0.2, 0.25) is 0 Å². The molecule has 0 aliphatic carbocycles. The fraction of sp³-hybridized carbons (Fsp3) is 0.429. The topological polar surface area (TPSA) is 30.5 Å². The van der Waals surface area contributed by atoms with Crippen LogP contribution >= 0.6 is 0 Å². The van der Waals surface area contributed by atoms with Gasteiger partial charge in [-0.15, -0.1) is 0 Å². The average Bonchev–Trinajstić information content (AvgIpc) is 2.33. The van der Waals surface area contributed by atoms with Gasteiger partial charge in [-0.3, -0.25) is 0 Å². The first-order valence-electron chi connectivity index (χ1n) is 5.88. The van der Waals surface area contributed by atoms with Crippen molar-refractivity contribution in [3.05, 3.63) is 41.7 Å². The lowest BCUT2D eigenvalue weighted by molar-refractivity contribution is 0.199. The first kappa shape index (κ1) is 14.7. The third-order valence-electron chi connectivity index (χ3n) is 2.30. The molecule has 0 atom stereocenters. The molecule has 0 unspecified atom stereocenters. The van der Waals surface area contributed by atoms with E-state index in [2.05, 4.69) is 11.9 Å². The molecular formula is C14H20FNO2. The fourth-order valence-electron chi connectivity index (χ4n) is 1.43. The highest BCUT2D eigenvalue weighted by Gasteiger charge is 2.05. The molecule has 0 heterocycles. The molecule has 0 amide bonds. The molecule has 0 aliphatic rings. The molecule has 1 N–H and O–H groups in total. The zero-order chi connectivity index (χ0) is 13.4. The van der Waals surface area contributed by atoms with Crippen LogP contribution in [0, 0.1) is 5.82 Å². The van der Waals surface area contributed by atoms with Crippen LogP contribution in [0.5, 0.6) is 5.75 Å². The molecule has 0 aliphatic heterocycles. The van der Waals surface area contributed by atoms with Crippen LogP contribution in [-0.2, 0) is 11.3 Å². The Bertz CT molecular complexity index is 393. The van der Waals surface area contributed by atoms with Crippen LogP contribution in [0.3, 0.4) is 0 Å². The van der Waals surface area contributed by atoms with E-state index in [9.17, 15) is 4.39 Å². The molecule has 0 bridgehead atoms. The van der Waals surface area contributed by atoms with E-state index in [4.69, 9.17) is 9.47 Å². The second-order valence-electron chi connectivity index (χ2n) is 4.17. The minimum Gasteiger partial charge on any atom is -0.489 e. The van der Waals surface area contributed by atoms with Crippen molar-refractivity contribution in [3.8, 4) is 5.75 Å². The van der Waals surface area contributed by atoms with Gasteiger partial charge in [-0.25, -0.2) is 4.39 Å². The van der Waals surface area contributed by atoms with E-state index in [0.717, 1.165) is 11.1 Å². The molecule has 1 aromatic carbocycles. The van der Waals surface area contributed by atoms with Gasteiger partial charge in [0.1, 0.15) is 18.2 Å². The Labute approximate surface area is 108 Å². The number of nitrogens with one attached hydrogen (secondary N) is 1. The van der Waals surface area contributed by atoms with Gasteiger partial charge in [0.15, 0.2) is 0 Å². The first-order chi connectivity index (χ1) is 8.63. The van der Waals surface area contributed by atoms with Crippen LogP contribution in [0.4, 0.5) is 4.39 Å². The highest BCUT2D eigenvalue weighted by Crippen LogP contribution is 2.20. The zero-order valence-electron chi connectivity index (χ0n) is 11.0. The molecule has 0 fully saturated rings. The van der Waals surface area contributed by atoms with E-state index >= 15 is 0 Å². The lowest BCUT2D eigenvalue weighted by Crippen LogP contribution is -2.19. The van der Waals surface area contributed by atoms with Gasteiger partial charge >= 0.3 is 0 Å². The van der Waals surface area contributed by atoms with Crippen LogP contribution in [0.15, 0.2) is 30.4 Å². The number of benzene rings is 1. The maximum Gasteiger partial charge on any atom is 0.124 e. The summed E-state index contributed by atoms with van der Waals surface area (Å²) in [7, 11) is 1.64. The van der Waals surface area contributed by atoms with E-state index in [1.807, 2.05) is 6.92 Å². The monoisotopic (exact) mass is 253 g/mol. The summed E-state index contributed by atoms with van der Waals surface area (Å²) in [6, 6.07) is 4.52. The molecule has 0 spiro atoms. The minimum atomic E-state index is -0.263. The smallest absolute Gasteiger partial charge is 0.124 e. The summed E-state index contributed by atoms with van der Waals surface area (Å²) >= 11 is 0. The third kappa shape index (κ3) is 5.29. The standard InChI is InChI=1S/C14H20FNO2/c1-11(2)10-18-14-5-4-13(15)8-12(14)9-16-6-7-17-3/h4-5,8,16H,1,6-7,9-10H2,2-3H3. The van der Waals surface area contributed by atoms with Crippen molar-refractivity contribution in [2.24, 2.45) is 0 Å². The fourth-order valence-corrected chi connectivity index (χ4v) is 1.43. The molecule has 1 aromatic rings. The van der Waals surface area contributed by atoms with Crippen LogP contribution < -0.4 is 10.1 Å². The van der Waals surface area contributed by atoms with E-state index < -0.39 is 0 Å². The quantitative estimate of drug-likeness (QED) is 0.570. The average molecular weight is 253 g/mol. The van der Waals surface area contributed by atoms with Crippen molar-refractivity contribution in [1.82, 2.24) is 5.32 Å². The van der Waals surface area contributed by atoms with Gasteiger partial charge in [-0.05, 0) is 30.7 Å². The number of hydrogen-bond donors (Lipinski definition) is 1. The second-order valence-corrected chi connectivity index (χ2v) is 4.17. The molecule has 0 saturated carbocycles. The number of methoxy groups -OCH3 is 1. The van der Waals surface area contributed by atoms with E-state index in [1.54, 1.807) is 13.2 Å². The van der Waals surface area contributed by atoms with Crippen LogP contribution in [-0.4, -0.2) is 26.9 Å². The van der Waals surface area contributed by atoms with Gasteiger partial charge < -0.3 is 14.8 Å². The van der Waals surface area contributed by atoms with Crippen LogP contribution in [0.2, 0.25) is 0 Å². The predicted octanol–water partition coefficient (Wildman–Crippen LogP) is 2.52. The summed E-state index contributed by atoms with van der Waals surface area (Å²) < 4.78 is 23.7. The second kappa shape index (κ2) is 7.84. The lowest BCUT2D eigenvalue weighted by Gasteiger charge is -2.12. The molecule has 3 nitrogen and oxygen atoms in total. The number of halogens is 1. The van der Waals surface area contributed by atoms with Crippen molar-refractivity contribution in [2.75, 3.05) is 26.9 Å². The number of hydrogen-bond acceptors (Lipinski definition) is 3. The van der Waals surface area contributed by atoms with E-state index in [1.165, 1.54) is 12.1 Å². The molecule has 0 radical (unpaired) electrons. The molecule has 18 heavy (non-hydrogen) atoms. The maximum atomic E-state index is 13.2. The Hall–Kier alpha value is -1.39. The Morgan fingerprint density at radius 3 is 2.89 bits per heavy atom. The van der Waals surface area contributed by atoms with E-state index in [-0.39, 0.29) is 5.82 Å². The molecule has 4 heteroatoms. The summed E-state index contributed by atoms with van der Waals surface area (Å²) in [5.74, 6) is 0.422. The lowest BCUT2D eigenvalue weighted by atomic mass is 10.2. The molecule has 100 valence electrons. The minimum absolute atomic E-state index is 0.263. The van der Waals surface area contributed by atoms with Gasteiger partial charge in [0.05, 0.1) is 6.61 Å². The first-order valence-corrected chi connectivity index (χ1v) is 5.88. The molecular weight excluding hydrogens is 233 g/mol. The van der Waals surface area contributed by atoms with Gasteiger partial charge in [0.25, 0.3) is 0 Å². The zero-order valence-corrected chi connectivity index (χ0v) is 11.0. The number of rotatable bonds is 8. The highest BCUT2D eigenvalue weighted by atomic mass is 19.1. The van der Waals surface area contributed by atoms with Crippen molar-refractivity contribution >= 4 is 0 Å². The normalized spacial score (nSPS) is 10.4. The third-order valence-corrected chi connectivity index (χ3v) is 2.30. The Balaban J connectivity index is 2.61. The van der Waals surface area contributed by atoms with Crippen LogP contribution in [0.25, 0.3) is 0 Å². The molecule has 0 aromatic heterocycles. The van der Waals surface area contributed by atoms with Crippen molar-refractivity contribution in [2.45, 2.75) is 13.5 Å². The summed E-state index contributed by atoms with van der Waals surface area (Å²) in [5, 5.41) is 3.16. The summed E-state index contributed by atoms with van der Waals surface area (Å²) in [5.41, 5.74) is 1.73. The molecule has 0 saturated heterocycles. The summed E-state index contributed by atoms with van der Waals surface area (Å²) in [6.07, 6.45) is 0. The van der Waals surface area contributed by atoms with Gasteiger partial charge in [-0.1, -0.05) is 6.58 Å². The van der Waals surface area contributed by atoms with Crippen molar-refractivity contribution < 1.29 is 13.9 Å². The van der Waals surface area contributed by atoms with Crippen molar-refractivity contribution in [1.29, 1.82) is 0 Å². The Kier molecular flexibility index (Phi) is 6.39. The Morgan fingerprint density at radius 1 is 1.44 bits per heavy atom. The predicted molar refractivity (Wildman–Crippen MR) is 70.3 cm³/mol. The maximum absolute atomic E-state index is 13.2. The van der Waals surface area contributed by atoms with Crippen molar-refractivity contribution in [3.63, 3.8) is 0 Å². The molecule has 1 rings (SSSR count). The van der Waals surface area contributed by atoms with Gasteiger partial charge in [-0.2, -0.15) is 0 Å². The summed E-state index contributed by atoms with van der Waals surface area (Å²) in [4.78, 5) is 0.